The number of rotatable bonds is 3. The number of hydrogen-bond donors (Lipinski definition) is 1. The molecule has 2 heteroatoms. The van der Waals surface area contributed by atoms with E-state index in [0.29, 0.717) is 0 Å². The van der Waals surface area contributed by atoms with E-state index in [4.69, 9.17) is 0 Å². The molecule has 1 nitrogen and oxygen atoms in total. The van der Waals surface area contributed by atoms with E-state index in [1.807, 2.05) is 0 Å². The molecule has 0 aromatic rings. The molecule has 1 saturated heterocycles. The molecule has 74 valence electrons. The third-order valence-electron chi connectivity index (χ3n) is 2.61. The number of hydrogen-bond acceptors (Lipinski definition) is 1. The fraction of sp³-hybridized carbons (Fsp3) is 1.00. The summed E-state index contributed by atoms with van der Waals surface area (Å²) in [5, 5.41) is 3.40. The summed E-state index contributed by atoms with van der Waals surface area (Å²) in [7, 11) is 0. The zero-order chi connectivity index (χ0) is 8.10. The maximum Gasteiger partial charge on any atom is -0.00463 e. The highest BCUT2D eigenvalue weighted by Gasteiger charge is 2.12. The van der Waals surface area contributed by atoms with Crippen LogP contribution in [0.1, 0.15) is 39.5 Å². The molecule has 0 amide bonds. The van der Waals surface area contributed by atoms with Crippen molar-refractivity contribution in [3.63, 3.8) is 0 Å². The van der Waals surface area contributed by atoms with Crippen molar-refractivity contribution < 1.29 is 0 Å². The lowest BCUT2D eigenvalue weighted by molar-refractivity contribution is 0.330. The highest BCUT2D eigenvalue weighted by Crippen LogP contribution is 2.20. The Hall–Kier alpha value is 0.250. The van der Waals surface area contributed by atoms with Gasteiger partial charge in [0.15, 0.2) is 0 Å². The Kier molecular flexibility index (Phi) is 6.87. The summed E-state index contributed by atoms with van der Waals surface area (Å²) in [6.45, 7) is 7.15. The predicted octanol–water partition coefficient (Wildman–Crippen LogP) is 2.84. The van der Waals surface area contributed by atoms with Gasteiger partial charge in [-0.3, -0.25) is 0 Å². The first-order chi connectivity index (χ1) is 5.29. The maximum absolute atomic E-state index is 3.40. The van der Waals surface area contributed by atoms with Crippen LogP contribution in [0.5, 0.6) is 0 Å². The summed E-state index contributed by atoms with van der Waals surface area (Å²) in [5.41, 5.74) is 0. The standard InChI is InChI=1S/C10H21N.ClH/c1-9(2)3-4-10-5-7-11-8-6-10;/h9-11H,3-8H2,1-2H3;1H. The smallest absolute Gasteiger partial charge is 0.00463 e. The van der Waals surface area contributed by atoms with E-state index in [1.54, 1.807) is 0 Å². The van der Waals surface area contributed by atoms with Crippen LogP contribution in [0.25, 0.3) is 0 Å². The molecule has 0 unspecified atom stereocenters. The highest BCUT2D eigenvalue weighted by molar-refractivity contribution is 5.85. The second kappa shape index (κ2) is 6.73. The second-order valence-electron chi connectivity index (χ2n) is 4.16. The molecule has 0 aromatic carbocycles. The van der Waals surface area contributed by atoms with Gasteiger partial charge in [0.05, 0.1) is 0 Å². The fourth-order valence-electron chi connectivity index (χ4n) is 1.74. The van der Waals surface area contributed by atoms with Gasteiger partial charge in [0, 0.05) is 0 Å². The Morgan fingerprint density at radius 3 is 2.33 bits per heavy atom. The van der Waals surface area contributed by atoms with E-state index in [9.17, 15) is 0 Å². The molecule has 1 fully saturated rings. The molecular formula is C10H22ClN. The fourth-order valence-corrected chi connectivity index (χ4v) is 1.74. The third kappa shape index (κ3) is 5.00. The van der Waals surface area contributed by atoms with Gasteiger partial charge >= 0.3 is 0 Å². The van der Waals surface area contributed by atoms with Gasteiger partial charge in [0.25, 0.3) is 0 Å². The van der Waals surface area contributed by atoms with Crippen LogP contribution in [0.3, 0.4) is 0 Å². The Morgan fingerprint density at radius 2 is 1.83 bits per heavy atom. The van der Waals surface area contributed by atoms with Crippen LogP contribution in [0.4, 0.5) is 0 Å². The molecule has 0 bridgehead atoms. The molecule has 0 spiro atoms. The molecule has 1 N–H and O–H groups in total. The average molecular weight is 192 g/mol. The van der Waals surface area contributed by atoms with Gasteiger partial charge < -0.3 is 5.32 Å². The van der Waals surface area contributed by atoms with Gasteiger partial charge in [-0.1, -0.05) is 26.7 Å². The third-order valence-corrected chi connectivity index (χ3v) is 2.61. The minimum absolute atomic E-state index is 0. The van der Waals surface area contributed by atoms with Crippen molar-refractivity contribution in [3.05, 3.63) is 0 Å². The SMILES string of the molecule is CC(C)CCC1CCNCC1.Cl. The molecule has 1 heterocycles. The topological polar surface area (TPSA) is 12.0 Å². The van der Waals surface area contributed by atoms with E-state index in [-0.39, 0.29) is 12.4 Å². The van der Waals surface area contributed by atoms with Gasteiger partial charge in [-0.15, -0.1) is 12.4 Å². The molecule has 1 rings (SSSR count). The molecule has 1 aliphatic rings. The predicted molar refractivity (Wildman–Crippen MR) is 56.9 cm³/mol. The molecular weight excluding hydrogens is 170 g/mol. The Bertz CT molecular complexity index is 98.0. The van der Waals surface area contributed by atoms with Crippen molar-refractivity contribution in [3.8, 4) is 0 Å². The van der Waals surface area contributed by atoms with Gasteiger partial charge in [-0.05, 0) is 37.8 Å². The second-order valence-corrected chi connectivity index (χ2v) is 4.16. The molecule has 0 saturated carbocycles. The van der Waals surface area contributed by atoms with Crippen LogP contribution in [-0.4, -0.2) is 13.1 Å². The highest BCUT2D eigenvalue weighted by atomic mass is 35.5. The first-order valence-corrected chi connectivity index (χ1v) is 4.99. The van der Waals surface area contributed by atoms with Crippen LogP contribution < -0.4 is 5.32 Å². The first-order valence-electron chi connectivity index (χ1n) is 4.99. The van der Waals surface area contributed by atoms with Crippen LogP contribution in [0.15, 0.2) is 0 Å². The lowest BCUT2D eigenvalue weighted by atomic mass is 9.90. The summed E-state index contributed by atoms with van der Waals surface area (Å²) < 4.78 is 0. The summed E-state index contributed by atoms with van der Waals surface area (Å²) >= 11 is 0. The number of nitrogens with one attached hydrogen (secondary N) is 1. The van der Waals surface area contributed by atoms with Crippen molar-refractivity contribution in [1.82, 2.24) is 5.32 Å². The molecule has 0 aliphatic carbocycles. The van der Waals surface area contributed by atoms with Gasteiger partial charge in [-0.25, -0.2) is 0 Å². The van der Waals surface area contributed by atoms with Gasteiger partial charge in [-0.2, -0.15) is 0 Å². The Balaban J connectivity index is 0.00000121. The van der Waals surface area contributed by atoms with E-state index in [0.717, 1.165) is 11.8 Å². The monoisotopic (exact) mass is 191 g/mol. The maximum atomic E-state index is 3.40. The summed E-state index contributed by atoms with van der Waals surface area (Å²) in [5.74, 6) is 1.92. The van der Waals surface area contributed by atoms with E-state index < -0.39 is 0 Å². The van der Waals surface area contributed by atoms with E-state index in [1.165, 1.54) is 38.8 Å². The average Bonchev–Trinajstić information content (AvgIpc) is 2.03. The first kappa shape index (κ1) is 12.2. The van der Waals surface area contributed by atoms with Crippen LogP contribution in [0, 0.1) is 11.8 Å². The van der Waals surface area contributed by atoms with Crippen molar-refractivity contribution in [2.45, 2.75) is 39.5 Å². The lowest BCUT2D eigenvalue weighted by Gasteiger charge is -2.22. The largest absolute Gasteiger partial charge is 0.317 e. The summed E-state index contributed by atoms with van der Waals surface area (Å²) in [6.07, 6.45) is 5.70. The van der Waals surface area contributed by atoms with Crippen LogP contribution in [-0.2, 0) is 0 Å². The van der Waals surface area contributed by atoms with Crippen molar-refractivity contribution in [2.75, 3.05) is 13.1 Å². The number of piperidine rings is 1. The Morgan fingerprint density at radius 1 is 1.25 bits per heavy atom. The van der Waals surface area contributed by atoms with E-state index >= 15 is 0 Å². The quantitative estimate of drug-likeness (QED) is 0.724. The minimum Gasteiger partial charge on any atom is -0.317 e. The zero-order valence-electron chi connectivity index (χ0n) is 8.31. The number of halogens is 1. The van der Waals surface area contributed by atoms with Crippen molar-refractivity contribution >= 4 is 12.4 Å². The molecule has 0 aromatic heterocycles. The lowest BCUT2D eigenvalue weighted by Crippen LogP contribution is -2.27. The van der Waals surface area contributed by atoms with Gasteiger partial charge in [0.2, 0.25) is 0 Å². The van der Waals surface area contributed by atoms with Crippen LogP contribution in [0.2, 0.25) is 0 Å². The summed E-state index contributed by atoms with van der Waals surface area (Å²) in [4.78, 5) is 0. The zero-order valence-corrected chi connectivity index (χ0v) is 9.12. The Labute approximate surface area is 82.7 Å². The molecule has 0 radical (unpaired) electrons. The van der Waals surface area contributed by atoms with Crippen molar-refractivity contribution in [2.24, 2.45) is 11.8 Å². The molecule has 1 aliphatic heterocycles. The van der Waals surface area contributed by atoms with Crippen LogP contribution >= 0.6 is 12.4 Å². The summed E-state index contributed by atoms with van der Waals surface area (Å²) in [6, 6.07) is 0. The molecule has 0 atom stereocenters. The van der Waals surface area contributed by atoms with E-state index in [2.05, 4.69) is 19.2 Å². The van der Waals surface area contributed by atoms with Gasteiger partial charge in [0.1, 0.15) is 0 Å². The normalized spacial score (nSPS) is 19.2. The van der Waals surface area contributed by atoms with Crippen molar-refractivity contribution in [1.29, 1.82) is 0 Å². The molecule has 12 heavy (non-hydrogen) atoms. The minimum atomic E-state index is 0.